The van der Waals surface area contributed by atoms with Crippen molar-refractivity contribution in [2.24, 2.45) is 0 Å². The second kappa shape index (κ2) is 16.8. The van der Waals surface area contributed by atoms with E-state index in [1.165, 1.54) is 11.1 Å². The Bertz CT molecular complexity index is 1360. The van der Waals surface area contributed by atoms with Crippen LogP contribution in [0, 0.1) is 0 Å². The van der Waals surface area contributed by atoms with Crippen LogP contribution in [0.3, 0.4) is 0 Å². The topological polar surface area (TPSA) is 68.3 Å². The highest BCUT2D eigenvalue weighted by Crippen LogP contribution is 2.41. The van der Waals surface area contributed by atoms with E-state index in [2.05, 4.69) is 80.7 Å². The van der Waals surface area contributed by atoms with Gasteiger partial charge in [-0.2, -0.15) is 0 Å². The highest BCUT2D eigenvalue weighted by atomic mass is 35.5. The summed E-state index contributed by atoms with van der Waals surface area (Å²) in [6.45, 7) is 10.6. The number of rotatable bonds is 13. The minimum atomic E-state index is -0.810. The molecule has 0 bridgehead atoms. The molecular weight excluding hydrogens is 620 g/mol. The summed E-state index contributed by atoms with van der Waals surface area (Å²) in [7, 11) is 0. The third-order valence-electron chi connectivity index (χ3n) is 11.0. The predicted molar refractivity (Wildman–Crippen MR) is 193 cm³/mol. The van der Waals surface area contributed by atoms with Crippen molar-refractivity contribution >= 4 is 17.5 Å². The smallest absolute Gasteiger partial charge is 0.221 e. The second-order valence-electron chi connectivity index (χ2n) is 14.1. The van der Waals surface area contributed by atoms with E-state index in [4.69, 9.17) is 16.3 Å². The average Bonchev–Trinajstić information content (AvgIpc) is 3.13. The highest BCUT2D eigenvalue weighted by Gasteiger charge is 2.38. The number of piperidine rings is 2. The molecule has 0 spiro atoms. The Morgan fingerprint density at radius 1 is 0.771 bits per heavy atom. The minimum absolute atomic E-state index is 0.139. The zero-order chi connectivity index (χ0) is 33.2. The number of hydrogen-bond acceptors (Lipinski definition) is 6. The first-order valence-electron chi connectivity index (χ1n) is 18.1. The molecule has 1 amide bonds. The first-order valence-corrected chi connectivity index (χ1v) is 18.4. The van der Waals surface area contributed by atoms with E-state index >= 15 is 0 Å². The van der Waals surface area contributed by atoms with Crippen molar-refractivity contribution in [2.45, 2.75) is 62.0 Å². The maximum absolute atomic E-state index is 14.0. The maximum atomic E-state index is 14.0. The molecule has 0 radical (unpaired) electrons. The van der Waals surface area contributed by atoms with Gasteiger partial charge in [0.05, 0.1) is 18.8 Å². The second-order valence-corrected chi connectivity index (χ2v) is 14.5. The summed E-state index contributed by atoms with van der Waals surface area (Å²) in [4.78, 5) is 21.5. The number of halogens is 1. The predicted octanol–water partition coefficient (Wildman–Crippen LogP) is 5.69. The van der Waals surface area contributed by atoms with Crippen LogP contribution in [0.25, 0.3) is 0 Å². The van der Waals surface area contributed by atoms with Crippen molar-refractivity contribution in [3.05, 3.63) is 107 Å². The van der Waals surface area contributed by atoms with Gasteiger partial charge in [0.2, 0.25) is 5.91 Å². The molecule has 3 aromatic rings. The Kier molecular flexibility index (Phi) is 12.2. The van der Waals surface area contributed by atoms with Gasteiger partial charge in [-0.3, -0.25) is 9.69 Å². The first-order chi connectivity index (χ1) is 23.4. The Balaban J connectivity index is 1.07. The van der Waals surface area contributed by atoms with Crippen LogP contribution in [-0.4, -0.2) is 104 Å². The van der Waals surface area contributed by atoms with Crippen molar-refractivity contribution in [3.8, 4) is 0 Å². The van der Waals surface area contributed by atoms with Gasteiger partial charge in [-0.1, -0.05) is 84.4 Å². The lowest BCUT2D eigenvalue weighted by atomic mass is 9.68. The molecule has 6 rings (SSSR count). The molecule has 8 heteroatoms. The van der Waals surface area contributed by atoms with Gasteiger partial charge in [-0.15, -0.1) is 0 Å². The number of ether oxygens (including phenoxy) is 1. The quantitative estimate of drug-likeness (QED) is 0.243. The van der Waals surface area contributed by atoms with E-state index in [0.717, 1.165) is 103 Å². The number of nitrogens with zero attached hydrogens (tertiary/aromatic N) is 3. The Labute approximate surface area is 292 Å². The Hall–Kier alpha value is -2.78. The molecule has 2 N–H and O–H groups in total. The van der Waals surface area contributed by atoms with Crippen molar-refractivity contribution < 1.29 is 14.6 Å². The number of carbonyl (C=O) groups is 1. The summed E-state index contributed by atoms with van der Waals surface area (Å²) in [5, 5.41) is 15.6. The van der Waals surface area contributed by atoms with Crippen LogP contribution >= 0.6 is 11.6 Å². The fraction of sp³-hybridized carbons (Fsp3) is 0.525. The standard InChI is InChI=1S/C40H53ClN4O3/c41-36-14-12-35(13-15-36)40(47)19-24-43(25-20-40)21-7-18-39(33-8-3-1-4-9-33,34-10-5-2-6-11-34)32-38(46)42-37-16-22-44(23-17-37)26-27-45-28-30-48-31-29-45/h1-6,8-15,37,47H,7,16-32H2,(H,42,46). The zero-order valence-electron chi connectivity index (χ0n) is 28.4. The number of aliphatic hydroxyl groups is 1. The SMILES string of the molecule is O=C(CC(CCCN1CCC(O)(c2ccc(Cl)cc2)CC1)(c1ccccc1)c1ccccc1)NC1CCN(CCN2CCOCC2)CC1. The summed E-state index contributed by atoms with van der Waals surface area (Å²) in [6, 6.07) is 29.1. The minimum Gasteiger partial charge on any atom is -0.385 e. The molecule has 0 aromatic heterocycles. The van der Waals surface area contributed by atoms with E-state index in [1.807, 2.05) is 24.3 Å². The van der Waals surface area contributed by atoms with Crippen LogP contribution in [0.1, 0.15) is 61.6 Å². The van der Waals surface area contributed by atoms with Gasteiger partial charge in [0.25, 0.3) is 0 Å². The van der Waals surface area contributed by atoms with Crippen molar-refractivity contribution in [1.82, 2.24) is 20.0 Å². The summed E-state index contributed by atoms with van der Waals surface area (Å²) in [5.74, 6) is 0.139. The van der Waals surface area contributed by atoms with E-state index < -0.39 is 11.0 Å². The molecule has 48 heavy (non-hydrogen) atoms. The van der Waals surface area contributed by atoms with Crippen LogP contribution in [-0.2, 0) is 20.5 Å². The van der Waals surface area contributed by atoms with Crippen LogP contribution in [0.4, 0.5) is 0 Å². The molecule has 7 nitrogen and oxygen atoms in total. The molecule has 3 saturated heterocycles. The largest absolute Gasteiger partial charge is 0.385 e. The van der Waals surface area contributed by atoms with E-state index in [0.29, 0.717) is 24.3 Å². The fourth-order valence-corrected chi connectivity index (χ4v) is 8.15. The molecule has 3 heterocycles. The molecule has 0 aliphatic carbocycles. The fourth-order valence-electron chi connectivity index (χ4n) is 8.02. The number of morpholine rings is 1. The van der Waals surface area contributed by atoms with Gasteiger partial charge < -0.3 is 25.0 Å². The summed E-state index contributed by atoms with van der Waals surface area (Å²) < 4.78 is 5.50. The maximum Gasteiger partial charge on any atom is 0.221 e. The van der Waals surface area contributed by atoms with E-state index in [9.17, 15) is 9.90 Å². The molecule has 3 aliphatic heterocycles. The van der Waals surface area contributed by atoms with Gasteiger partial charge in [-0.05, 0) is 73.9 Å². The van der Waals surface area contributed by atoms with Gasteiger partial charge >= 0.3 is 0 Å². The third kappa shape index (κ3) is 9.06. The number of nitrogens with one attached hydrogen (secondary N) is 1. The van der Waals surface area contributed by atoms with Crippen molar-refractivity contribution in [1.29, 1.82) is 0 Å². The van der Waals surface area contributed by atoms with Crippen LogP contribution in [0.15, 0.2) is 84.9 Å². The number of carbonyl (C=O) groups excluding carboxylic acids is 1. The lowest BCUT2D eigenvalue weighted by Crippen LogP contribution is -2.48. The van der Waals surface area contributed by atoms with Crippen LogP contribution < -0.4 is 5.32 Å². The summed E-state index contributed by atoms with van der Waals surface area (Å²) in [6.07, 6.45) is 5.64. The summed E-state index contributed by atoms with van der Waals surface area (Å²) in [5.41, 5.74) is 2.10. The molecule has 0 saturated carbocycles. The van der Waals surface area contributed by atoms with Gasteiger partial charge in [0.1, 0.15) is 0 Å². The highest BCUT2D eigenvalue weighted by molar-refractivity contribution is 6.30. The lowest BCUT2D eigenvalue weighted by molar-refractivity contribution is -0.123. The van der Waals surface area contributed by atoms with Crippen LogP contribution in [0.5, 0.6) is 0 Å². The van der Waals surface area contributed by atoms with Gasteiger partial charge in [0, 0.05) is 75.3 Å². The number of amides is 1. The Morgan fingerprint density at radius 3 is 1.90 bits per heavy atom. The van der Waals surface area contributed by atoms with E-state index in [1.54, 1.807) is 0 Å². The molecule has 3 aliphatic rings. The number of hydrogen-bond donors (Lipinski definition) is 2. The monoisotopic (exact) mass is 672 g/mol. The molecule has 0 atom stereocenters. The van der Waals surface area contributed by atoms with Crippen molar-refractivity contribution in [3.63, 3.8) is 0 Å². The molecule has 3 aromatic carbocycles. The molecule has 0 unspecified atom stereocenters. The average molecular weight is 673 g/mol. The van der Waals surface area contributed by atoms with E-state index in [-0.39, 0.29) is 11.9 Å². The lowest BCUT2D eigenvalue weighted by Gasteiger charge is -2.40. The molecule has 258 valence electrons. The zero-order valence-corrected chi connectivity index (χ0v) is 29.1. The molecule has 3 fully saturated rings. The molecular formula is C40H53ClN4O3. The summed E-state index contributed by atoms with van der Waals surface area (Å²) >= 11 is 6.10. The Morgan fingerprint density at radius 2 is 1.31 bits per heavy atom. The normalized spacial score (nSPS) is 20.0. The van der Waals surface area contributed by atoms with Crippen LogP contribution in [0.2, 0.25) is 5.02 Å². The van der Waals surface area contributed by atoms with Crippen molar-refractivity contribution in [2.75, 3.05) is 72.1 Å². The first kappa shape index (κ1) is 35.1. The number of benzene rings is 3. The number of likely N-dealkylation sites (tertiary alicyclic amines) is 2. The van der Waals surface area contributed by atoms with Gasteiger partial charge in [0.15, 0.2) is 0 Å². The van der Waals surface area contributed by atoms with Gasteiger partial charge in [-0.25, -0.2) is 0 Å². The third-order valence-corrected chi connectivity index (χ3v) is 11.3.